The summed E-state index contributed by atoms with van der Waals surface area (Å²) in [5.74, 6) is 0.154. The summed E-state index contributed by atoms with van der Waals surface area (Å²) in [7, 11) is 1.41. The topological polar surface area (TPSA) is 72.5 Å². The van der Waals surface area contributed by atoms with Crippen LogP contribution >= 0.6 is 0 Å². The first-order valence-corrected chi connectivity index (χ1v) is 5.15. The lowest BCUT2D eigenvalue weighted by molar-refractivity contribution is 0.0997. The molecule has 0 atom stereocenters. The van der Waals surface area contributed by atoms with E-state index >= 15 is 0 Å². The lowest BCUT2D eigenvalue weighted by atomic mass is 9.97. The molecule has 1 aromatic carbocycles. The number of carbonyl (C=O) groups excluding carboxylic acids is 1. The van der Waals surface area contributed by atoms with Gasteiger partial charge in [-0.2, -0.15) is 0 Å². The molecule has 0 radical (unpaired) electrons. The third-order valence-corrected chi connectivity index (χ3v) is 2.45. The van der Waals surface area contributed by atoms with Crippen molar-refractivity contribution in [2.75, 3.05) is 13.7 Å². The summed E-state index contributed by atoms with van der Waals surface area (Å²) in [6.45, 7) is 3.87. The van der Waals surface area contributed by atoms with Crippen molar-refractivity contribution < 1.29 is 14.6 Å². The van der Waals surface area contributed by atoms with Crippen LogP contribution in [0.1, 0.15) is 35.7 Å². The highest BCUT2D eigenvalue weighted by Gasteiger charge is 2.17. The van der Waals surface area contributed by atoms with Gasteiger partial charge in [0, 0.05) is 0 Å². The Morgan fingerprint density at radius 2 is 2.12 bits per heavy atom. The Balaban J connectivity index is 3.36. The summed E-state index contributed by atoms with van der Waals surface area (Å²) in [6.07, 6.45) is 0. The fourth-order valence-electron chi connectivity index (χ4n) is 1.50. The lowest BCUT2D eigenvalue weighted by Gasteiger charge is -2.13. The summed E-state index contributed by atoms with van der Waals surface area (Å²) in [5, 5.41) is 9.75. The van der Waals surface area contributed by atoms with E-state index in [-0.39, 0.29) is 29.7 Å². The highest BCUT2D eigenvalue weighted by Crippen LogP contribution is 2.34. The molecular weight excluding hydrogens is 206 g/mol. The summed E-state index contributed by atoms with van der Waals surface area (Å²) in [4.78, 5) is 11.6. The number of ether oxygens (including phenoxy) is 1. The van der Waals surface area contributed by atoms with Crippen molar-refractivity contribution in [1.82, 2.24) is 0 Å². The zero-order valence-corrected chi connectivity index (χ0v) is 9.78. The van der Waals surface area contributed by atoms with Gasteiger partial charge < -0.3 is 15.6 Å². The van der Waals surface area contributed by atoms with Crippen LogP contribution in [0.3, 0.4) is 0 Å². The molecule has 0 heterocycles. The van der Waals surface area contributed by atoms with Gasteiger partial charge in [-0.25, -0.2) is 0 Å². The second kappa shape index (κ2) is 4.99. The average Bonchev–Trinajstić information content (AvgIpc) is 2.26. The van der Waals surface area contributed by atoms with Crippen LogP contribution < -0.4 is 10.5 Å². The molecule has 88 valence electrons. The van der Waals surface area contributed by atoms with Gasteiger partial charge in [0.05, 0.1) is 19.2 Å². The maximum absolute atomic E-state index is 11.6. The molecule has 3 N–H and O–H groups in total. The van der Waals surface area contributed by atoms with Gasteiger partial charge in [0.2, 0.25) is 0 Å². The lowest BCUT2D eigenvalue weighted by Crippen LogP contribution is -2.15. The van der Waals surface area contributed by atoms with Gasteiger partial charge in [-0.1, -0.05) is 13.8 Å². The molecule has 1 aromatic rings. The molecule has 0 saturated carbocycles. The van der Waals surface area contributed by atoms with Gasteiger partial charge in [-0.15, -0.1) is 0 Å². The van der Waals surface area contributed by atoms with Crippen LogP contribution in [-0.2, 0) is 0 Å². The SMILES string of the molecule is COc1c(O)cc(C(C)C)cc1C(=O)CN. The van der Waals surface area contributed by atoms with Gasteiger partial charge in [-0.05, 0) is 23.6 Å². The quantitative estimate of drug-likeness (QED) is 0.761. The molecule has 0 aliphatic rings. The molecule has 4 heteroatoms. The maximum Gasteiger partial charge on any atom is 0.180 e. The molecule has 16 heavy (non-hydrogen) atoms. The molecule has 0 saturated heterocycles. The summed E-state index contributed by atoms with van der Waals surface area (Å²) >= 11 is 0. The molecule has 1 rings (SSSR count). The largest absolute Gasteiger partial charge is 0.504 e. The van der Waals surface area contributed by atoms with Crippen LogP contribution in [0.4, 0.5) is 0 Å². The molecular formula is C12H17NO3. The number of hydrogen-bond donors (Lipinski definition) is 2. The number of hydrogen-bond acceptors (Lipinski definition) is 4. The number of carbonyl (C=O) groups is 1. The van der Waals surface area contributed by atoms with Crippen LogP contribution in [0.15, 0.2) is 12.1 Å². The number of ketones is 1. The molecule has 0 aliphatic heterocycles. The molecule has 0 fully saturated rings. The Labute approximate surface area is 95.0 Å². The standard InChI is InChI=1S/C12H17NO3/c1-7(2)8-4-9(11(15)6-13)12(16-3)10(14)5-8/h4-5,7,14H,6,13H2,1-3H3. The number of benzene rings is 1. The predicted molar refractivity (Wildman–Crippen MR) is 62.1 cm³/mol. The van der Waals surface area contributed by atoms with Crippen molar-refractivity contribution >= 4 is 5.78 Å². The molecule has 4 nitrogen and oxygen atoms in total. The second-order valence-corrected chi connectivity index (χ2v) is 3.90. The highest BCUT2D eigenvalue weighted by molar-refractivity contribution is 6.01. The Bertz CT molecular complexity index is 399. The van der Waals surface area contributed by atoms with Crippen LogP contribution in [0.25, 0.3) is 0 Å². The molecule has 0 amide bonds. The number of phenolic OH excluding ortho intramolecular Hbond substituents is 1. The molecule has 0 aliphatic carbocycles. The van der Waals surface area contributed by atoms with Crippen LogP contribution in [0.2, 0.25) is 0 Å². The van der Waals surface area contributed by atoms with Gasteiger partial charge in [-0.3, -0.25) is 4.79 Å². The third-order valence-electron chi connectivity index (χ3n) is 2.45. The van der Waals surface area contributed by atoms with Crippen LogP contribution in [-0.4, -0.2) is 24.5 Å². The van der Waals surface area contributed by atoms with E-state index in [1.165, 1.54) is 7.11 Å². The monoisotopic (exact) mass is 223 g/mol. The first-order valence-electron chi connectivity index (χ1n) is 5.15. The normalized spacial score (nSPS) is 10.6. The Hall–Kier alpha value is -1.55. The number of aromatic hydroxyl groups is 1. The van der Waals surface area contributed by atoms with E-state index in [4.69, 9.17) is 10.5 Å². The molecule has 0 bridgehead atoms. The first kappa shape index (κ1) is 12.5. The van der Waals surface area contributed by atoms with Crippen molar-refractivity contribution in [2.24, 2.45) is 5.73 Å². The van der Waals surface area contributed by atoms with E-state index in [1.54, 1.807) is 12.1 Å². The van der Waals surface area contributed by atoms with E-state index in [0.29, 0.717) is 5.56 Å². The average molecular weight is 223 g/mol. The molecule has 0 aromatic heterocycles. The zero-order valence-electron chi connectivity index (χ0n) is 9.78. The summed E-state index contributed by atoms with van der Waals surface area (Å²) in [5.41, 5.74) is 6.54. The number of Topliss-reactive ketones (excluding diaryl/α,β-unsaturated/α-hetero) is 1. The van der Waals surface area contributed by atoms with E-state index < -0.39 is 0 Å². The number of nitrogens with two attached hydrogens (primary N) is 1. The number of rotatable bonds is 4. The summed E-state index contributed by atoms with van der Waals surface area (Å²) < 4.78 is 5.01. The Morgan fingerprint density at radius 1 is 1.50 bits per heavy atom. The third kappa shape index (κ3) is 2.33. The van der Waals surface area contributed by atoms with Gasteiger partial charge in [0.15, 0.2) is 17.3 Å². The minimum atomic E-state index is -0.241. The van der Waals surface area contributed by atoms with E-state index in [0.717, 1.165) is 5.56 Å². The van der Waals surface area contributed by atoms with Gasteiger partial charge >= 0.3 is 0 Å². The smallest absolute Gasteiger partial charge is 0.180 e. The van der Waals surface area contributed by atoms with Crippen molar-refractivity contribution in [1.29, 1.82) is 0 Å². The number of methoxy groups -OCH3 is 1. The first-order chi connectivity index (χ1) is 7.51. The maximum atomic E-state index is 11.6. The molecule has 0 spiro atoms. The Morgan fingerprint density at radius 3 is 2.56 bits per heavy atom. The van der Waals surface area contributed by atoms with Crippen molar-refractivity contribution in [3.63, 3.8) is 0 Å². The van der Waals surface area contributed by atoms with Crippen molar-refractivity contribution in [2.45, 2.75) is 19.8 Å². The van der Waals surface area contributed by atoms with Crippen molar-refractivity contribution in [3.05, 3.63) is 23.3 Å². The van der Waals surface area contributed by atoms with Gasteiger partial charge in [0.1, 0.15) is 0 Å². The minimum Gasteiger partial charge on any atom is -0.504 e. The summed E-state index contributed by atoms with van der Waals surface area (Å²) in [6, 6.07) is 3.33. The van der Waals surface area contributed by atoms with E-state index in [1.807, 2.05) is 13.8 Å². The highest BCUT2D eigenvalue weighted by atomic mass is 16.5. The van der Waals surface area contributed by atoms with Crippen molar-refractivity contribution in [3.8, 4) is 11.5 Å². The predicted octanol–water partition coefficient (Wildman–Crippen LogP) is 1.67. The minimum absolute atomic E-state index is 0.0227. The van der Waals surface area contributed by atoms with Crippen LogP contribution in [0.5, 0.6) is 11.5 Å². The van der Waals surface area contributed by atoms with E-state index in [9.17, 15) is 9.90 Å². The second-order valence-electron chi connectivity index (χ2n) is 3.90. The Kier molecular flexibility index (Phi) is 3.90. The van der Waals surface area contributed by atoms with Gasteiger partial charge in [0.25, 0.3) is 0 Å². The fourth-order valence-corrected chi connectivity index (χ4v) is 1.50. The number of phenols is 1. The van der Waals surface area contributed by atoms with Crippen LogP contribution in [0, 0.1) is 0 Å². The van der Waals surface area contributed by atoms with E-state index in [2.05, 4.69) is 0 Å². The fraction of sp³-hybridized carbons (Fsp3) is 0.417. The molecule has 0 unspecified atom stereocenters. The zero-order chi connectivity index (χ0) is 12.3.